The van der Waals surface area contributed by atoms with Gasteiger partial charge in [-0.2, -0.15) is 5.10 Å². The van der Waals surface area contributed by atoms with E-state index in [1.807, 2.05) is 13.1 Å². The van der Waals surface area contributed by atoms with E-state index < -0.39 is 11.0 Å². The molecule has 1 atom stereocenters. The molecule has 1 aliphatic heterocycles. The number of benzene rings is 1. The third-order valence-electron chi connectivity index (χ3n) is 2.89. The Hall–Kier alpha value is -1.89. The molecule has 114 valence electrons. The summed E-state index contributed by atoms with van der Waals surface area (Å²) in [6.07, 6.45) is 1.86. The van der Waals surface area contributed by atoms with Gasteiger partial charge in [-0.1, -0.05) is 13.8 Å². The van der Waals surface area contributed by atoms with Gasteiger partial charge in [-0.25, -0.2) is 9.22 Å². The molecule has 0 aliphatic carbocycles. The number of rotatable bonds is 3. The van der Waals surface area contributed by atoms with Crippen molar-refractivity contribution in [2.75, 3.05) is 13.1 Å². The van der Waals surface area contributed by atoms with Gasteiger partial charge in [0.25, 0.3) is 0 Å². The van der Waals surface area contributed by atoms with Gasteiger partial charge in [0.1, 0.15) is 5.75 Å². The Labute approximate surface area is 127 Å². The molecule has 0 fully saturated rings. The summed E-state index contributed by atoms with van der Waals surface area (Å²) < 4.78 is 15.2. The second kappa shape index (κ2) is 6.26. The standard InChI is InChI=1S/C14H20N4O2S/c1-4-15-13(18-10-14(2,3)9-16-18)17-21(20)12-7-5-11(19)6-8-12/h5-9,19H,4,10H2,1-3H3,(H,15,17). The highest BCUT2D eigenvalue weighted by atomic mass is 32.2. The molecule has 1 aromatic carbocycles. The third kappa shape index (κ3) is 4.04. The number of nitrogens with one attached hydrogen (secondary N) is 1. The molecule has 1 aromatic rings. The molecule has 6 nitrogen and oxygen atoms in total. The van der Waals surface area contributed by atoms with Crippen LogP contribution in [0.1, 0.15) is 20.8 Å². The van der Waals surface area contributed by atoms with E-state index >= 15 is 0 Å². The topological polar surface area (TPSA) is 77.3 Å². The van der Waals surface area contributed by atoms with E-state index in [0.29, 0.717) is 23.9 Å². The Morgan fingerprint density at radius 3 is 2.67 bits per heavy atom. The monoisotopic (exact) mass is 308 g/mol. The van der Waals surface area contributed by atoms with Gasteiger partial charge >= 0.3 is 0 Å². The van der Waals surface area contributed by atoms with Gasteiger partial charge in [0, 0.05) is 18.2 Å². The molecule has 0 saturated carbocycles. The Kier molecular flexibility index (Phi) is 4.62. The fraction of sp³-hybridized carbons (Fsp3) is 0.429. The van der Waals surface area contributed by atoms with Crippen LogP contribution in [0.15, 0.2) is 39.3 Å². The molecule has 0 aromatic heterocycles. The molecule has 1 heterocycles. The van der Waals surface area contributed by atoms with Crippen LogP contribution in [-0.4, -0.2) is 39.6 Å². The first-order valence-electron chi connectivity index (χ1n) is 6.76. The maximum atomic E-state index is 12.3. The van der Waals surface area contributed by atoms with Crippen molar-refractivity contribution in [3.05, 3.63) is 24.3 Å². The van der Waals surface area contributed by atoms with Gasteiger partial charge in [-0.3, -0.25) is 9.71 Å². The summed E-state index contributed by atoms with van der Waals surface area (Å²) in [4.78, 5) is 4.90. The first kappa shape index (κ1) is 15.5. The summed E-state index contributed by atoms with van der Waals surface area (Å²) >= 11 is 0. The maximum absolute atomic E-state index is 12.3. The molecule has 0 radical (unpaired) electrons. The molecule has 2 rings (SSSR count). The SMILES string of the molecule is CCN=C(NS(=O)c1ccc(O)cc1)N1CC(C)(C)C=N1. The minimum absolute atomic E-state index is 0.0315. The van der Waals surface area contributed by atoms with Crippen LogP contribution >= 0.6 is 0 Å². The van der Waals surface area contributed by atoms with Gasteiger partial charge in [0.2, 0.25) is 5.96 Å². The van der Waals surface area contributed by atoms with E-state index in [1.54, 1.807) is 17.1 Å². The van der Waals surface area contributed by atoms with E-state index in [1.165, 1.54) is 12.1 Å². The first-order chi connectivity index (χ1) is 9.91. The molecule has 0 saturated heterocycles. The van der Waals surface area contributed by atoms with Gasteiger partial charge in [0.15, 0.2) is 11.0 Å². The zero-order valence-corrected chi connectivity index (χ0v) is 13.2. The zero-order valence-electron chi connectivity index (χ0n) is 12.4. The number of aromatic hydroxyl groups is 1. The van der Waals surface area contributed by atoms with E-state index in [-0.39, 0.29) is 11.2 Å². The number of aliphatic imine (C=N–C) groups is 1. The lowest BCUT2D eigenvalue weighted by molar-refractivity contribution is 0.379. The number of hydrazone groups is 1. The summed E-state index contributed by atoms with van der Waals surface area (Å²) in [5, 5.41) is 15.3. The molecule has 1 unspecified atom stereocenters. The number of hydrogen-bond donors (Lipinski definition) is 2. The Morgan fingerprint density at radius 1 is 1.48 bits per heavy atom. The second-order valence-electron chi connectivity index (χ2n) is 5.45. The van der Waals surface area contributed by atoms with E-state index in [0.717, 1.165) is 0 Å². The lowest BCUT2D eigenvalue weighted by Crippen LogP contribution is -2.40. The molecule has 1 aliphatic rings. The van der Waals surface area contributed by atoms with Crippen LogP contribution in [0.2, 0.25) is 0 Å². The van der Waals surface area contributed by atoms with Gasteiger partial charge in [-0.05, 0) is 31.2 Å². The zero-order chi connectivity index (χ0) is 15.5. The van der Waals surface area contributed by atoms with Gasteiger partial charge < -0.3 is 5.11 Å². The van der Waals surface area contributed by atoms with Crippen molar-refractivity contribution in [3.8, 4) is 5.75 Å². The van der Waals surface area contributed by atoms with Crippen molar-refractivity contribution in [3.63, 3.8) is 0 Å². The molecule has 0 spiro atoms. The average molecular weight is 308 g/mol. The predicted octanol–water partition coefficient (Wildman–Crippen LogP) is 1.71. The highest BCUT2D eigenvalue weighted by Gasteiger charge is 2.28. The predicted molar refractivity (Wildman–Crippen MR) is 84.6 cm³/mol. The number of guanidine groups is 1. The van der Waals surface area contributed by atoms with Crippen molar-refractivity contribution in [1.82, 2.24) is 9.73 Å². The molecule has 21 heavy (non-hydrogen) atoms. The normalized spacial score (nSPS) is 18.8. The molecule has 0 bridgehead atoms. The highest BCUT2D eigenvalue weighted by Crippen LogP contribution is 2.21. The lowest BCUT2D eigenvalue weighted by Gasteiger charge is -2.21. The largest absolute Gasteiger partial charge is 0.508 e. The van der Waals surface area contributed by atoms with Crippen molar-refractivity contribution < 1.29 is 9.32 Å². The highest BCUT2D eigenvalue weighted by molar-refractivity contribution is 7.83. The maximum Gasteiger partial charge on any atom is 0.227 e. The van der Waals surface area contributed by atoms with Crippen LogP contribution in [0, 0.1) is 5.41 Å². The van der Waals surface area contributed by atoms with Gasteiger partial charge in [0.05, 0.1) is 11.4 Å². The van der Waals surface area contributed by atoms with Crippen LogP contribution in [0.3, 0.4) is 0 Å². The Bertz CT molecular complexity index is 581. The summed E-state index contributed by atoms with van der Waals surface area (Å²) in [7, 11) is -1.45. The molecular weight excluding hydrogens is 288 g/mol. The number of phenolic OH excluding ortho intramolecular Hbond substituents is 1. The van der Waals surface area contributed by atoms with Crippen LogP contribution in [0.5, 0.6) is 5.75 Å². The minimum Gasteiger partial charge on any atom is -0.508 e. The first-order valence-corrected chi connectivity index (χ1v) is 7.91. The minimum atomic E-state index is -1.45. The smallest absolute Gasteiger partial charge is 0.227 e. The summed E-state index contributed by atoms with van der Waals surface area (Å²) in [5.41, 5.74) is -0.0315. The van der Waals surface area contributed by atoms with Crippen LogP contribution < -0.4 is 4.72 Å². The lowest BCUT2D eigenvalue weighted by atomic mass is 9.97. The number of hydrogen-bond acceptors (Lipinski definition) is 4. The summed E-state index contributed by atoms with van der Waals surface area (Å²) in [5.74, 6) is 0.634. The summed E-state index contributed by atoms with van der Waals surface area (Å²) in [6, 6.07) is 6.23. The van der Waals surface area contributed by atoms with E-state index in [9.17, 15) is 9.32 Å². The number of phenols is 1. The Balaban J connectivity index is 2.11. The molecule has 0 amide bonds. The average Bonchev–Trinajstić information content (AvgIpc) is 2.79. The second-order valence-corrected chi connectivity index (χ2v) is 6.67. The van der Waals surface area contributed by atoms with Crippen LogP contribution in [-0.2, 0) is 11.0 Å². The number of nitrogens with zero attached hydrogens (tertiary/aromatic N) is 3. The van der Waals surface area contributed by atoms with Crippen LogP contribution in [0.4, 0.5) is 0 Å². The summed E-state index contributed by atoms with van der Waals surface area (Å²) in [6.45, 7) is 7.33. The third-order valence-corrected chi connectivity index (χ3v) is 3.96. The quantitative estimate of drug-likeness (QED) is 0.659. The fourth-order valence-electron chi connectivity index (χ4n) is 1.85. The van der Waals surface area contributed by atoms with E-state index in [4.69, 9.17) is 0 Å². The molecular formula is C14H20N4O2S. The molecule has 7 heteroatoms. The van der Waals surface area contributed by atoms with Crippen molar-refractivity contribution in [2.24, 2.45) is 15.5 Å². The van der Waals surface area contributed by atoms with Crippen molar-refractivity contribution in [2.45, 2.75) is 25.7 Å². The molecule has 2 N–H and O–H groups in total. The Morgan fingerprint density at radius 2 is 2.14 bits per heavy atom. The van der Waals surface area contributed by atoms with E-state index in [2.05, 4.69) is 28.7 Å². The van der Waals surface area contributed by atoms with Crippen molar-refractivity contribution >= 4 is 23.2 Å². The van der Waals surface area contributed by atoms with Crippen molar-refractivity contribution in [1.29, 1.82) is 0 Å². The van der Waals surface area contributed by atoms with Crippen LogP contribution in [0.25, 0.3) is 0 Å². The van der Waals surface area contributed by atoms with Gasteiger partial charge in [-0.15, -0.1) is 0 Å². The fourth-order valence-corrected chi connectivity index (χ4v) is 2.69.